The highest BCUT2D eigenvalue weighted by molar-refractivity contribution is 7.89. The van der Waals surface area contributed by atoms with Crippen molar-refractivity contribution >= 4 is 10.0 Å². The maximum atomic E-state index is 12.5. The number of hydrogen-bond acceptors (Lipinski definition) is 5. The molecule has 3 heterocycles. The molecule has 1 N–H and O–H groups in total. The molecule has 1 aliphatic heterocycles. The second-order valence-corrected chi connectivity index (χ2v) is 6.83. The Hall–Kier alpha value is -1.74. The van der Waals surface area contributed by atoms with Crippen LogP contribution in [0.3, 0.4) is 0 Å². The lowest BCUT2D eigenvalue weighted by Gasteiger charge is -2.30. The summed E-state index contributed by atoms with van der Waals surface area (Å²) in [6, 6.07) is 1.47. The molecule has 1 saturated heterocycles. The van der Waals surface area contributed by atoms with Crippen LogP contribution in [0, 0.1) is 0 Å². The molecule has 0 aromatic carbocycles. The second-order valence-electron chi connectivity index (χ2n) is 4.92. The molecule has 1 unspecified atom stereocenters. The van der Waals surface area contributed by atoms with E-state index in [4.69, 9.17) is 0 Å². The van der Waals surface area contributed by atoms with Crippen LogP contribution in [0.2, 0.25) is 0 Å². The Morgan fingerprint density at radius 1 is 1.45 bits per heavy atom. The highest BCUT2D eigenvalue weighted by atomic mass is 32.2. The van der Waals surface area contributed by atoms with Gasteiger partial charge in [0.25, 0.3) is 10.0 Å². The molecule has 0 aliphatic carbocycles. The van der Waals surface area contributed by atoms with Gasteiger partial charge in [-0.1, -0.05) is 0 Å². The summed E-state index contributed by atoms with van der Waals surface area (Å²) in [6.07, 6.45) is 4.81. The molecular weight excluding hydrogens is 280 g/mol. The van der Waals surface area contributed by atoms with Crippen molar-refractivity contribution in [1.82, 2.24) is 29.3 Å². The molecule has 0 saturated carbocycles. The molecular formula is C11H16N6O2S. The van der Waals surface area contributed by atoms with Crippen molar-refractivity contribution in [3.8, 4) is 0 Å². The smallest absolute Gasteiger partial charge is 0.259 e. The van der Waals surface area contributed by atoms with Crippen molar-refractivity contribution in [3.05, 3.63) is 24.4 Å². The average Bonchev–Trinajstić information content (AvgIpc) is 3.10. The summed E-state index contributed by atoms with van der Waals surface area (Å²) in [4.78, 5) is 0. The van der Waals surface area contributed by atoms with Crippen LogP contribution in [0.1, 0.15) is 24.6 Å². The van der Waals surface area contributed by atoms with Gasteiger partial charge in [0, 0.05) is 26.1 Å². The molecule has 1 atom stereocenters. The number of piperidine rings is 1. The van der Waals surface area contributed by atoms with E-state index in [0.717, 1.165) is 18.7 Å². The number of nitrogens with one attached hydrogen (secondary N) is 1. The third-order valence-electron chi connectivity index (χ3n) is 3.59. The molecule has 108 valence electrons. The quantitative estimate of drug-likeness (QED) is 0.867. The molecule has 1 aliphatic rings. The minimum atomic E-state index is -3.50. The zero-order chi connectivity index (χ0) is 14.2. The Morgan fingerprint density at radius 3 is 2.95 bits per heavy atom. The summed E-state index contributed by atoms with van der Waals surface area (Å²) in [5.41, 5.74) is 0. The molecule has 0 spiro atoms. The van der Waals surface area contributed by atoms with Crippen LogP contribution >= 0.6 is 0 Å². The van der Waals surface area contributed by atoms with Gasteiger partial charge in [-0.2, -0.15) is 9.40 Å². The molecule has 0 bridgehead atoms. The summed E-state index contributed by atoms with van der Waals surface area (Å²) in [5, 5.41) is 14.3. The minimum Gasteiger partial charge on any atom is -0.320 e. The third kappa shape index (κ3) is 2.22. The van der Waals surface area contributed by atoms with Crippen LogP contribution in [0.15, 0.2) is 23.6 Å². The molecule has 0 radical (unpaired) electrons. The van der Waals surface area contributed by atoms with Crippen LogP contribution in [-0.2, 0) is 17.1 Å². The predicted molar refractivity (Wildman–Crippen MR) is 70.3 cm³/mol. The van der Waals surface area contributed by atoms with E-state index in [1.165, 1.54) is 16.6 Å². The lowest BCUT2D eigenvalue weighted by Crippen LogP contribution is -2.39. The van der Waals surface area contributed by atoms with E-state index in [-0.39, 0.29) is 10.9 Å². The highest BCUT2D eigenvalue weighted by Crippen LogP contribution is 2.28. The maximum Gasteiger partial charge on any atom is 0.259 e. The number of aromatic nitrogens is 5. The Kier molecular flexibility index (Phi) is 3.30. The van der Waals surface area contributed by atoms with E-state index in [9.17, 15) is 8.42 Å². The maximum absolute atomic E-state index is 12.5. The van der Waals surface area contributed by atoms with Crippen molar-refractivity contribution in [3.63, 3.8) is 0 Å². The molecule has 0 amide bonds. The fraction of sp³-hybridized carbons (Fsp3) is 0.545. The van der Waals surface area contributed by atoms with Gasteiger partial charge in [-0.15, -0.1) is 10.2 Å². The molecule has 1 fully saturated rings. The summed E-state index contributed by atoms with van der Waals surface area (Å²) >= 11 is 0. The number of nitrogens with zero attached hydrogens (tertiary/aromatic N) is 5. The van der Waals surface area contributed by atoms with Crippen LogP contribution in [-0.4, -0.2) is 50.8 Å². The lowest BCUT2D eigenvalue weighted by atomic mass is 9.99. The minimum absolute atomic E-state index is 0.0777. The van der Waals surface area contributed by atoms with E-state index in [2.05, 4.69) is 20.4 Å². The number of hydrogen-bond donors (Lipinski definition) is 1. The number of H-pyrrole nitrogens is 1. The first-order valence-corrected chi connectivity index (χ1v) is 7.86. The standard InChI is InChI=1S/C11H16N6O2S/c1-16-8-13-15-11(16)9-3-2-6-17(7-9)20(18,19)10-4-5-12-14-10/h4-5,8-9H,2-3,6-7H2,1H3,(H,12,14). The highest BCUT2D eigenvalue weighted by Gasteiger charge is 2.33. The first kappa shape index (κ1) is 13.3. The lowest BCUT2D eigenvalue weighted by molar-refractivity contribution is 0.305. The van der Waals surface area contributed by atoms with Crippen LogP contribution < -0.4 is 0 Å². The van der Waals surface area contributed by atoms with Crippen LogP contribution in [0.25, 0.3) is 0 Å². The van der Waals surface area contributed by atoms with E-state index in [0.29, 0.717) is 13.1 Å². The number of aryl methyl sites for hydroxylation is 1. The molecule has 2 aromatic rings. The van der Waals surface area contributed by atoms with Gasteiger partial charge in [0.1, 0.15) is 12.2 Å². The SMILES string of the molecule is Cn1cnnc1C1CCCN(S(=O)(=O)c2ccn[nH]2)C1. The molecule has 2 aromatic heterocycles. The van der Waals surface area contributed by atoms with Gasteiger partial charge in [-0.05, 0) is 18.9 Å². The van der Waals surface area contributed by atoms with Crippen molar-refractivity contribution < 1.29 is 8.42 Å². The average molecular weight is 296 g/mol. The third-order valence-corrected chi connectivity index (χ3v) is 5.38. The van der Waals surface area contributed by atoms with E-state index >= 15 is 0 Å². The zero-order valence-corrected chi connectivity index (χ0v) is 11.9. The van der Waals surface area contributed by atoms with Gasteiger partial charge in [-0.25, -0.2) is 8.42 Å². The molecule has 3 rings (SSSR count). The van der Waals surface area contributed by atoms with Crippen molar-refractivity contribution in [1.29, 1.82) is 0 Å². The van der Waals surface area contributed by atoms with Crippen molar-refractivity contribution in [2.45, 2.75) is 23.8 Å². The Balaban J connectivity index is 1.84. The fourth-order valence-corrected chi connectivity index (χ4v) is 3.98. The fourth-order valence-electron chi connectivity index (χ4n) is 2.56. The van der Waals surface area contributed by atoms with Gasteiger partial charge in [0.15, 0.2) is 5.03 Å². The largest absolute Gasteiger partial charge is 0.320 e. The van der Waals surface area contributed by atoms with Gasteiger partial charge >= 0.3 is 0 Å². The molecule has 9 heteroatoms. The van der Waals surface area contributed by atoms with Crippen molar-refractivity contribution in [2.24, 2.45) is 7.05 Å². The summed E-state index contributed by atoms with van der Waals surface area (Å²) in [6.45, 7) is 0.948. The summed E-state index contributed by atoms with van der Waals surface area (Å²) in [5.74, 6) is 0.906. The normalized spacial score (nSPS) is 21.1. The van der Waals surface area contributed by atoms with Crippen molar-refractivity contribution in [2.75, 3.05) is 13.1 Å². The van der Waals surface area contributed by atoms with E-state index in [1.54, 1.807) is 6.33 Å². The van der Waals surface area contributed by atoms with Crippen LogP contribution in [0.4, 0.5) is 0 Å². The first-order valence-electron chi connectivity index (χ1n) is 6.42. The topological polar surface area (TPSA) is 96.8 Å². The summed E-state index contributed by atoms with van der Waals surface area (Å²) in [7, 11) is -1.63. The Morgan fingerprint density at radius 2 is 2.30 bits per heavy atom. The number of sulfonamides is 1. The van der Waals surface area contributed by atoms with Crippen LogP contribution in [0.5, 0.6) is 0 Å². The monoisotopic (exact) mass is 296 g/mol. The van der Waals surface area contributed by atoms with Gasteiger partial charge in [0.05, 0.1) is 6.20 Å². The van der Waals surface area contributed by atoms with Gasteiger partial charge < -0.3 is 4.57 Å². The first-order chi connectivity index (χ1) is 9.59. The second kappa shape index (κ2) is 4.98. The predicted octanol–water partition coefficient (Wildman–Crippen LogP) is 0.106. The van der Waals surface area contributed by atoms with Gasteiger partial charge in [0.2, 0.25) is 0 Å². The Labute approximate surface area is 116 Å². The molecule has 8 nitrogen and oxygen atoms in total. The number of aromatic amines is 1. The van der Waals surface area contributed by atoms with Gasteiger partial charge in [-0.3, -0.25) is 5.10 Å². The number of rotatable bonds is 3. The Bertz CT molecular complexity index is 678. The summed E-state index contributed by atoms with van der Waals surface area (Å²) < 4.78 is 28.3. The molecule has 20 heavy (non-hydrogen) atoms. The zero-order valence-electron chi connectivity index (χ0n) is 11.1. The van der Waals surface area contributed by atoms with E-state index < -0.39 is 10.0 Å². The van der Waals surface area contributed by atoms with E-state index in [1.807, 2.05) is 11.6 Å².